The summed E-state index contributed by atoms with van der Waals surface area (Å²) >= 11 is 0. The second-order valence-electron chi connectivity index (χ2n) is 5.38. The van der Waals surface area contributed by atoms with Gasteiger partial charge in [-0.3, -0.25) is 4.90 Å². The predicted octanol–water partition coefficient (Wildman–Crippen LogP) is 2.81. The Balaban J connectivity index is 1.85. The van der Waals surface area contributed by atoms with Crippen LogP contribution in [0.5, 0.6) is 0 Å². The molecule has 0 amide bonds. The smallest absolute Gasteiger partial charge is 0.0542 e. The zero-order valence-electron chi connectivity index (χ0n) is 11.0. The van der Waals surface area contributed by atoms with E-state index >= 15 is 0 Å². The molecule has 19 heavy (non-hydrogen) atoms. The van der Waals surface area contributed by atoms with Crippen molar-refractivity contribution in [2.24, 2.45) is 0 Å². The van der Waals surface area contributed by atoms with E-state index in [1.807, 2.05) is 0 Å². The van der Waals surface area contributed by atoms with Crippen LogP contribution in [-0.4, -0.2) is 31.1 Å². The number of rotatable bonds is 1. The number of hydrogen-bond acceptors (Lipinski definition) is 2. The molecule has 1 unspecified atom stereocenters. The average molecular weight is 250 g/mol. The Labute approximate surface area is 113 Å². The van der Waals surface area contributed by atoms with Gasteiger partial charge in [0.25, 0.3) is 0 Å². The van der Waals surface area contributed by atoms with Crippen LogP contribution in [0.1, 0.15) is 17.2 Å². The first-order chi connectivity index (χ1) is 9.43. The Morgan fingerprint density at radius 3 is 2.63 bits per heavy atom. The van der Waals surface area contributed by atoms with Gasteiger partial charge in [-0.1, -0.05) is 48.6 Å². The molecule has 1 heterocycles. The Hall–Kier alpha value is -1.64. The van der Waals surface area contributed by atoms with Crippen molar-refractivity contribution in [2.45, 2.75) is 6.04 Å². The molecule has 2 aromatic rings. The van der Waals surface area contributed by atoms with Gasteiger partial charge in [-0.15, -0.1) is 0 Å². The molecular formula is C17H18N2. The molecule has 96 valence electrons. The number of piperazine rings is 1. The number of hydrogen-bond donors (Lipinski definition) is 1. The summed E-state index contributed by atoms with van der Waals surface area (Å²) in [7, 11) is 0. The molecule has 0 radical (unpaired) electrons. The average Bonchev–Trinajstić information content (AvgIpc) is 2.49. The van der Waals surface area contributed by atoms with Crippen LogP contribution in [0.3, 0.4) is 0 Å². The lowest BCUT2D eigenvalue weighted by molar-refractivity contribution is 0.204. The van der Waals surface area contributed by atoms with Crippen LogP contribution >= 0.6 is 0 Å². The predicted molar refractivity (Wildman–Crippen MR) is 80.2 cm³/mol. The maximum Gasteiger partial charge on any atom is 0.0542 e. The molecule has 2 nitrogen and oxygen atoms in total. The van der Waals surface area contributed by atoms with Gasteiger partial charge in [0.05, 0.1) is 6.04 Å². The van der Waals surface area contributed by atoms with Gasteiger partial charge in [0, 0.05) is 26.2 Å². The minimum absolute atomic E-state index is 0.445. The molecule has 0 saturated carbocycles. The van der Waals surface area contributed by atoms with Gasteiger partial charge in [0.2, 0.25) is 0 Å². The maximum atomic E-state index is 3.43. The van der Waals surface area contributed by atoms with Crippen molar-refractivity contribution < 1.29 is 0 Å². The lowest BCUT2D eigenvalue weighted by Crippen LogP contribution is -2.44. The van der Waals surface area contributed by atoms with Crippen LogP contribution in [0.4, 0.5) is 0 Å². The molecule has 0 bridgehead atoms. The van der Waals surface area contributed by atoms with Crippen LogP contribution in [0.2, 0.25) is 0 Å². The van der Waals surface area contributed by atoms with Crippen LogP contribution in [0.25, 0.3) is 16.8 Å². The Bertz CT molecular complexity index is 634. The molecule has 2 aliphatic rings. The van der Waals surface area contributed by atoms with Gasteiger partial charge < -0.3 is 5.32 Å². The first kappa shape index (κ1) is 11.2. The van der Waals surface area contributed by atoms with E-state index in [1.54, 1.807) is 0 Å². The minimum Gasteiger partial charge on any atom is -0.314 e. The molecule has 1 N–H and O–H groups in total. The molecule has 1 aliphatic heterocycles. The molecule has 1 fully saturated rings. The summed E-state index contributed by atoms with van der Waals surface area (Å²) in [5.41, 5.74) is 2.83. The van der Waals surface area contributed by atoms with Crippen molar-refractivity contribution in [3.8, 4) is 0 Å². The fourth-order valence-corrected chi connectivity index (χ4v) is 3.36. The fourth-order valence-electron chi connectivity index (χ4n) is 3.36. The van der Waals surface area contributed by atoms with Gasteiger partial charge in [0.1, 0.15) is 0 Å². The summed E-state index contributed by atoms with van der Waals surface area (Å²) in [5.74, 6) is 0. The van der Waals surface area contributed by atoms with E-state index in [0.717, 1.165) is 26.2 Å². The van der Waals surface area contributed by atoms with E-state index in [0.29, 0.717) is 6.04 Å². The zero-order chi connectivity index (χ0) is 12.7. The summed E-state index contributed by atoms with van der Waals surface area (Å²) in [4.78, 5) is 2.58. The summed E-state index contributed by atoms with van der Waals surface area (Å²) in [5, 5.41) is 6.23. The maximum absolute atomic E-state index is 3.43. The van der Waals surface area contributed by atoms with Crippen LogP contribution in [-0.2, 0) is 0 Å². The van der Waals surface area contributed by atoms with Crippen molar-refractivity contribution in [1.82, 2.24) is 10.2 Å². The molecule has 1 saturated heterocycles. The van der Waals surface area contributed by atoms with Crippen molar-refractivity contribution in [3.05, 3.63) is 53.6 Å². The van der Waals surface area contributed by atoms with Crippen molar-refractivity contribution in [2.75, 3.05) is 26.2 Å². The van der Waals surface area contributed by atoms with E-state index in [-0.39, 0.29) is 0 Å². The second kappa shape index (κ2) is 4.48. The standard InChI is InChI=1S/C17H18N2/c1-3-13-5-2-6-15-16(19-11-9-18-10-12-19)8-7-14(4-1)17(13)15/h1-8,16,18H,9-12H2. The molecule has 4 rings (SSSR count). The minimum atomic E-state index is 0.445. The lowest BCUT2D eigenvalue weighted by Gasteiger charge is -2.35. The first-order valence-corrected chi connectivity index (χ1v) is 7.08. The van der Waals surface area contributed by atoms with Crippen molar-refractivity contribution in [3.63, 3.8) is 0 Å². The Morgan fingerprint density at radius 2 is 1.79 bits per heavy atom. The van der Waals surface area contributed by atoms with Crippen molar-refractivity contribution >= 4 is 16.8 Å². The molecule has 1 atom stereocenters. The van der Waals surface area contributed by atoms with Crippen LogP contribution in [0.15, 0.2) is 42.5 Å². The highest BCUT2D eigenvalue weighted by Gasteiger charge is 2.24. The second-order valence-corrected chi connectivity index (χ2v) is 5.38. The highest BCUT2D eigenvalue weighted by atomic mass is 15.2. The monoisotopic (exact) mass is 250 g/mol. The van der Waals surface area contributed by atoms with Gasteiger partial charge in [-0.25, -0.2) is 0 Å². The van der Waals surface area contributed by atoms with Crippen LogP contribution in [0, 0.1) is 0 Å². The zero-order valence-corrected chi connectivity index (χ0v) is 11.0. The SMILES string of the molecule is C1=CC(N2CCNCC2)c2cccc3cccc1c23. The molecule has 0 aromatic heterocycles. The third kappa shape index (κ3) is 1.79. The van der Waals surface area contributed by atoms with Gasteiger partial charge >= 0.3 is 0 Å². The number of nitrogens with zero attached hydrogens (tertiary/aromatic N) is 1. The number of nitrogens with one attached hydrogen (secondary N) is 1. The fraction of sp³-hybridized carbons (Fsp3) is 0.294. The summed E-state index contributed by atoms with van der Waals surface area (Å²) in [6.45, 7) is 4.46. The topological polar surface area (TPSA) is 15.3 Å². The molecular weight excluding hydrogens is 232 g/mol. The van der Waals surface area contributed by atoms with Gasteiger partial charge in [0.15, 0.2) is 0 Å². The summed E-state index contributed by atoms with van der Waals surface area (Å²) in [6, 6.07) is 13.7. The first-order valence-electron chi connectivity index (χ1n) is 7.08. The third-order valence-corrected chi connectivity index (χ3v) is 4.29. The van der Waals surface area contributed by atoms with E-state index < -0.39 is 0 Å². The van der Waals surface area contributed by atoms with Crippen molar-refractivity contribution in [1.29, 1.82) is 0 Å². The third-order valence-electron chi connectivity index (χ3n) is 4.29. The lowest BCUT2D eigenvalue weighted by atomic mass is 9.89. The van der Waals surface area contributed by atoms with E-state index in [9.17, 15) is 0 Å². The number of benzene rings is 2. The Morgan fingerprint density at radius 1 is 1.00 bits per heavy atom. The Kier molecular flexibility index (Phi) is 2.64. The van der Waals surface area contributed by atoms with Crippen LogP contribution < -0.4 is 5.32 Å². The molecule has 0 spiro atoms. The largest absolute Gasteiger partial charge is 0.314 e. The molecule has 2 aromatic carbocycles. The molecule has 2 heteroatoms. The highest BCUT2D eigenvalue weighted by molar-refractivity contribution is 5.95. The van der Waals surface area contributed by atoms with Gasteiger partial charge in [-0.2, -0.15) is 0 Å². The summed E-state index contributed by atoms with van der Waals surface area (Å²) < 4.78 is 0. The summed E-state index contributed by atoms with van der Waals surface area (Å²) in [6.07, 6.45) is 4.66. The highest BCUT2D eigenvalue weighted by Crippen LogP contribution is 2.36. The van der Waals surface area contributed by atoms with Gasteiger partial charge in [-0.05, 0) is 21.9 Å². The van der Waals surface area contributed by atoms with E-state index in [2.05, 4.69) is 58.8 Å². The van der Waals surface area contributed by atoms with E-state index in [1.165, 1.54) is 21.9 Å². The van der Waals surface area contributed by atoms with E-state index in [4.69, 9.17) is 0 Å². The molecule has 1 aliphatic carbocycles. The quantitative estimate of drug-likeness (QED) is 0.837. The normalized spacial score (nSPS) is 22.8.